The van der Waals surface area contributed by atoms with Crippen molar-refractivity contribution in [3.05, 3.63) is 121 Å². The minimum absolute atomic E-state index is 0.0121. The molecule has 0 N–H and O–H groups in total. The highest BCUT2D eigenvalue weighted by Gasteiger charge is 2.66. The Morgan fingerprint density at radius 2 is 1.77 bits per heavy atom. The van der Waals surface area contributed by atoms with Crippen LogP contribution >= 0.6 is 22.9 Å². The van der Waals surface area contributed by atoms with Gasteiger partial charge in [-0.1, -0.05) is 59.6 Å². The lowest BCUT2D eigenvalue weighted by atomic mass is 9.84. The SMILES string of the molecule is Cc1cccc(CN2C(=O)C3(c4ccccc42)c2c(oc4ccc(Cl)cc4c2=O)C(=O)N3c2nc(C)c(C)s2)c1. The quantitative estimate of drug-likeness (QED) is 0.256. The Morgan fingerprint density at radius 1 is 0.975 bits per heavy atom. The normalized spacial score (nSPS) is 17.8. The van der Waals surface area contributed by atoms with Crippen LogP contribution < -0.4 is 15.2 Å². The highest BCUT2D eigenvalue weighted by Crippen LogP contribution is 2.55. The highest BCUT2D eigenvalue weighted by molar-refractivity contribution is 7.16. The van der Waals surface area contributed by atoms with Crippen molar-refractivity contribution in [2.45, 2.75) is 32.9 Å². The molecule has 0 aliphatic carbocycles. The van der Waals surface area contributed by atoms with Crippen LogP contribution in [-0.2, 0) is 16.9 Å². The molecule has 2 aliphatic heterocycles. The third-order valence-corrected chi connectivity index (χ3v) is 9.01. The Morgan fingerprint density at radius 3 is 2.52 bits per heavy atom. The number of carbonyl (C=O) groups is 2. The van der Waals surface area contributed by atoms with Gasteiger partial charge in [0, 0.05) is 15.5 Å². The summed E-state index contributed by atoms with van der Waals surface area (Å²) in [5, 5.41) is 0.878. The van der Waals surface area contributed by atoms with Crippen molar-refractivity contribution in [1.29, 1.82) is 0 Å². The summed E-state index contributed by atoms with van der Waals surface area (Å²) < 4.78 is 6.12. The number of nitrogens with zero attached hydrogens (tertiary/aromatic N) is 3. The summed E-state index contributed by atoms with van der Waals surface area (Å²) in [6.45, 7) is 6.01. The molecule has 7 nitrogen and oxygen atoms in total. The van der Waals surface area contributed by atoms with Crippen molar-refractivity contribution < 1.29 is 14.0 Å². The number of fused-ring (bicyclic) bond motifs is 5. The van der Waals surface area contributed by atoms with E-state index in [-0.39, 0.29) is 28.8 Å². The molecule has 9 heteroatoms. The maximum absolute atomic E-state index is 14.9. The van der Waals surface area contributed by atoms with Gasteiger partial charge < -0.3 is 9.32 Å². The van der Waals surface area contributed by atoms with Crippen LogP contribution in [0.25, 0.3) is 11.0 Å². The fraction of sp³-hybridized carbons (Fsp3) is 0.161. The third-order valence-electron chi connectivity index (χ3n) is 7.72. The van der Waals surface area contributed by atoms with Crippen LogP contribution in [0.3, 0.4) is 0 Å². The summed E-state index contributed by atoms with van der Waals surface area (Å²) in [5.41, 5.74) is 1.82. The summed E-state index contributed by atoms with van der Waals surface area (Å²) in [6.07, 6.45) is 0. The van der Waals surface area contributed by atoms with Gasteiger partial charge in [0.2, 0.25) is 5.76 Å². The number of amides is 2. The summed E-state index contributed by atoms with van der Waals surface area (Å²) in [4.78, 5) is 52.1. The van der Waals surface area contributed by atoms with E-state index in [4.69, 9.17) is 16.0 Å². The van der Waals surface area contributed by atoms with Gasteiger partial charge in [0.05, 0.1) is 28.9 Å². The molecule has 1 spiro atoms. The number of hydrogen-bond donors (Lipinski definition) is 0. The first-order chi connectivity index (χ1) is 19.2. The molecule has 0 bridgehead atoms. The lowest BCUT2D eigenvalue weighted by molar-refractivity contribution is -0.121. The number of carbonyl (C=O) groups excluding carboxylic acids is 2. The molecule has 198 valence electrons. The van der Waals surface area contributed by atoms with Crippen LogP contribution in [0.2, 0.25) is 5.02 Å². The maximum atomic E-state index is 14.9. The van der Waals surface area contributed by atoms with E-state index in [1.165, 1.54) is 22.3 Å². The maximum Gasteiger partial charge on any atom is 0.297 e. The van der Waals surface area contributed by atoms with Crippen LogP contribution in [0.15, 0.2) is 75.9 Å². The fourth-order valence-electron chi connectivity index (χ4n) is 5.84. The molecule has 0 saturated carbocycles. The number of aryl methyl sites for hydroxylation is 3. The number of rotatable bonds is 3. The topological polar surface area (TPSA) is 83.7 Å². The van der Waals surface area contributed by atoms with Crippen molar-refractivity contribution in [1.82, 2.24) is 4.98 Å². The molecule has 2 aliphatic rings. The molecular formula is C31H22ClN3O4S. The van der Waals surface area contributed by atoms with Gasteiger partial charge in [-0.3, -0.25) is 19.3 Å². The lowest BCUT2D eigenvalue weighted by Crippen LogP contribution is -2.53. The van der Waals surface area contributed by atoms with Gasteiger partial charge in [-0.25, -0.2) is 4.98 Å². The summed E-state index contributed by atoms with van der Waals surface area (Å²) in [5.74, 6) is -1.16. The Balaban J connectivity index is 1.57. The van der Waals surface area contributed by atoms with Crippen molar-refractivity contribution in [3.63, 3.8) is 0 Å². The minimum Gasteiger partial charge on any atom is -0.450 e. The average molecular weight is 568 g/mol. The summed E-state index contributed by atoms with van der Waals surface area (Å²) in [7, 11) is 0. The van der Waals surface area contributed by atoms with Gasteiger partial charge in [0.15, 0.2) is 16.1 Å². The van der Waals surface area contributed by atoms with Gasteiger partial charge in [-0.2, -0.15) is 0 Å². The van der Waals surface area contributed by atoms with Crippen molar-refractivity contribution in [2.24, 2.45) is 0 Å². The van der Waals surface area contributed by atoms with E-state index in [9.17, 15) is 14.4 Å². The van der Waals surface area contributed by atoms with Gasteiger partial charge in [-0.05, 0) is 50.6 Å². The first-order valence-corrected chi connectivity index (χ1v) is 13.9. The van der Waals surface area contributed by atoms with Crippen LogP contribution in [0.4, 0.5) is 10.8 Å². The van der Waals surface area contributed by atoms with Crippen LogP contribution in [0.1, 0.15) is 43.4 Å². The van der Waals surface area contributed by atoms with E-state index in [2.05, 4.69) is 4.98 Å². The predicted molar refractivity (Wildman–Crippen MR) is 155 cm³/mol. The number of hydrogen-bond acceptors (Lipinski definition) is 6. The zero-order valence-electron chi connectivity index (χ0n) is 21.8. The Labute approximate surface area is 238 Å². The monoisotopic (exact) mass is 567 g/mol. The van der Waals surface area contributed by atoms with E-state index in [0.717, 1.165) is 21.7 Å². The standard InChI is InChI=1S/C31H22ClN3O4S/c1-16-7-6-8-19(13-16)15-34-23-10-5-4-9-22(23)31(29(34)38)25-26(36)21-14-20(32)11-12-24(21)39-27(25)28(37)35(31)30-33-17(2)18(3)40-30/h4-14H,15H2,1-3H3. The van der Waals surface area contributed by atoms with Crippen LogP contribution in [-0.4, -0.2) is 16.8 Å². The largest absolute Gasteiger partial charge is 0.450 e. The van der Waals surface area contributed by atoms with Crippen molar-refractivity contribution in [2.75, 3.05) is 9.80 Å². The molecule has 7 rings (SSSR count). The second-order valence-electron chi connectivity index (χ2n) is 10.2. The Hall–Kier alpha value is -4.27. The molecule has 40 heavy (non-hydrogen) atoms. The second-order valence-corrected chi connectivity index (χ2v) is 11.8. The first-order valence-electron chi connectivity index (χ1n) is 12.7. The predicted octanol–water partition coefficient (Wildman–Crippen LogP) is 6.28. The fourth-order valence-corrected chi connectivity index (χ4v) is 6.97. The Kier molecular flexibility index (Phi) is 5.33. The summed E-state index contributed by atoms with van der Waals surface area (Å²) in [6, 6.07) is 19.9. The molecule has 0 radical (unpaired) electrons. The highest BCUT2D eigenvalue weighted by atomic mass is 35.5. The van der Waals surface area contributed by atoms with Crippen LogP contribution in [0, 0.1) is 20.8 Å². The molecule has 4 heterocycles. The van der Waals surface area contributed by atoms with E-state index in [1.807, 2.05) is 63.2 Å². The van der Waals surface area contributed by atoms with E-state index in [0.29, 0.717) is 21.4 Å². The number of benzene rings is 3. The zero-order valence-corrected chi connectivity index (χ0v) is 23.4. The van der Waals surface area contributed by atoms with Gasteiger partial charge in [0.1, 0.15) is 5.58 Å². The van der Waals surface area contributed by atoms with Gasteiger partial charge >= 0.3 is 0 Å². The Bertz CT molecular complexity index is 1960. The molecule has 5 aromatic rings. The molecule has 2 aromatic heterocycles. The number of aromatic nitrogens is 1. The molecule has 2 amide bonds. The van der Waals surface area contributed by atoms with Crippen molar-refractivity contribution in [3.8, 4) is 0 Å². The summed E-state index contributed by atoms with van der Waals surface area (Å²) >= 11 is 7.56. The molecular weight excluding hydrogens is 546 g/mol. The van der Waals surface area contributed by atoms with Gasteiger partial charge in [-0.15, -0.1) is 11.3 Å². The molecule has 1 unspecified atom stereocenters. The van der Waals surface area contributed by atoms with E-state index in [1.54, 1.807) is 23.1 Å². The van der Waals surface area contributed by atoms with Crippen molar-refractivity contribution >= 4 is 56.5 Å². The molecule has 3 aromatic carbocycles. The molecule has 1 atom stereocenters. The number of halogens is 1. The molecule has 0 saturated heterocycles. The number of anilines is 2. The third kappa shape index (κ3) is 3.23. The van der Waals surface area contributed by atoms with E-state index >= 15 is 0 Å². The van der Waals surface area contributed by atoms with E-state index < -0.39 is 22.8 Å². The average Bonchev–Trinajstić information content (AvgIpc) is 3.48. The smallest absolute Gasteiger partial charge is 0.297 e. The number of para-hydroxylation sites is 1. The first kappa shape index (κ1) is 24.7. The molecule has 0 fully saturated rings. The van der Waals surface area contributed by atoms with Crippen LogP contribution in [0.5, 0.6) is 0 Å². The lowest BCUT2D eigenvalue weighted by Gasteiger charge is -2.32. The second kappa shape index (κ2) is 8.61. The number of thiazole rings is 1. The van der Waals surface area contributed by atoms with Gasteiger partial charge in [0.25, 0.3) is 11.8 Å². The minimum atomic E-state index is -1.79. The zero-order chi connectivity index (χ0) is 27.9.